The second-order valence-electron chi connectivity index (χ2n) is 4.50. The molecule has 0 heterocycles. The second kappa shape index (κ2) is 6.76. The van der Waals surface area contributed by atoms with Crippen LogP contribution in [0.15, 0.2) is 42.5 Å². The van der Waals surface area contributed by atoms with Crippen molar-refractivity contribution in [2.24, 2.45) is 5.73 Å². The Morgan fingerprint density at radius 3 is 2.62 bits per heavy atom. The monoisotopic (exact) mass is 286 g/mol. The summed E-state index contributed by atoms with van der Waals surface area (Å²) in [6.45, 7) is 0.249. The van der Waals surface area contributed by atoms with Gasteiger partial charge in [0.2, 0.25) is 0 Å². The van der Waals surface area contributed by atoms with Crippen molar-refractivity contribution in [1.29, 1.82) is 5.41 Å². The normalized spacial score (nSPS) is 10.2. The Kier molecular flexibility index (Phi) is 4.79. The van der Waals surface area contributed by atoms with Gasteiger partial charge in [-0.25, -0.2) is 0 Å². The molecular formula is C16H18N2O3. The van der Waals surface area contributed by atoms with E-state index in [-0.39, 0.29) is 12.4 Å². The van der Waals surface area contributed by atoms with Crippen molar-refractivity contribution in [2.75, 3.05) is 7.11 Å². The Hall–Kier alpha value is -2.53. The van der Waals surface area contributed by atoms with Crippen molar-refractivity contribution in [1.82, 2.24) is 0 Å². The average Bonchev–Trinajstić information content (AvgIpc) is 2.52. The lowest BCUT2D eigenvalue weighted by Gasteiger charge is -2.12. The zero-order valence-electron chi connectivity index (χ0n) is 11.8. The molecule has 0 aliphatic rings. The van der Waals surface area contributed by atoms with Gasteiger partial charge in [0.15, 0.2) is 0 Å². The van der Waals surface area contributed by atoms with Crippen LogP contribution >= 0.6 is 0 Å². The molecule has 0 fully saturated rings. The van der Waals surface area contributed by atoms with Crippen molar-refractivity contribution >= 4 is 5.84 Å². The van der Waals surface area contributed by atoms with E-state index < -0.39 is 0 Å². The van der Waals surface area contributed by atoms with Gasteiger partial charge in [0.1, 0.15) is 23.9 Å². The number of rotatable bonds is 6. The molecule has 0 aliphatic heterocycles. The van der Waals surface area contributed by atoms with E-state index >= 15 is 0 Å². The third-order valence-electron chi connectivity index (χ3n) is 3.09. The number of benzene rings is 2. The van der Waals surface area contributed by atoms with Crippen LogP contribution in [0.4, 0.5) is 0 Å². The zero-order valence-corrected chi connectivity index (χ0v) is 11.8. The molecule has 2 aromatic rings. The first-order valence-corrected chi connectivity index (χ1v) is 6.48. The molecule has 0 saturated carbocycles. The van der Waals surface area contributed by atoms with Crippen LogP contribution in [0.1, 0.15) is 16.7 Å². The fourth-order valence-electron chi connectivity index (χ4n) is 1.99. The molecule has 0 saturated heterocycles. The summed E-state index contributed by atoms with van der Waals surface area (Å²) in [6.07, 6.45) is 0. The average molecular weight is 286 g/mol. The molecule has 0 amide bonds. The molecule has 0 bridgehead atoms. The van der Waals surface area contributed by atoms with E-state index in [1.807, 2.05) is 24.3 Å². The van der Waals surface area contributed by atoms with Crippen LogP contribution < -0.4 is 15.2 Å². The SMILES string of the molecule is COc1ccc(COc2ccccc2CO)cc1C(=N)N. The van der Waals surface area contributed by atoms with Crippen LogP contribution in [0.3, 0.4) is 0 Å². The third-order valence-corrected chi connectivity index (χ3v) is 3.09. The molecule has 110 valence electrons. The van der Waals surface area contributed by atoms with Crippen LogP contribution in [0.5, 0.6) is 11.5 Å². The second-order valence-corrected chi connectivity index (χ2v) is 4.50. The lowest BCUT2D eigenvalue weighted by molar-refractivity contribution is 0.259. The summed E-state index contributed by atoms with van der Waals surface area (Å²) in [6, 6.07) is 12.7. The first-order chi connectivity index (χ1) is 10.2. The van der Waals surface area contributed by atoms with E-state index in [9.17, 15) is 5.11 Å². The fourth-order valence-corrected chi connectivity index (χ4v) is 1.99. The summed E-state index contributed by atoms with van der Waals surface area (Å²) in [5.74, 6) is 1.15. The predicted molar refractivity (Wildman–Crippen MR) is 80.7 cm³/mol. The minimum absolute atomic E-state index is 0.0514. The summed E-state index contributed by atoms with van der Waals surface area (Å²) in [5, 5.41) is 16.8. The lowest BCUT2D eigenvalue weighted by atomic mass is 10.1. The van der Waals surface area contributed by atoms with Crippen LogP contribution in [0.25, 0.3) is 0 Å². The molecule has 5 nitrogen and oxygen atoms in total. The molecular weight excluding hydrogens is 268 g/mol. The molecule has 4 N–H and O–H groups in total. The van der Waals surface area contributed by atoms with Gasteiger partial charge in [-0.3, -0.25) is 5.41 Å². The number of nitrogens with two attached hydrogens (primary N) is 1. The Morgan fingerprint density at radius 1 is 1.19 bits per heavy atom. The highest BCUT2D eigenvalue weighted by molar-refractivity contribution is 5.97. The van der Waals surface area contributed by atoms with Gasteiger partial charge in [-0.1, -0.05) is 24.3 Å². The number of nitrogen functional groups attached to an aromatic ring is 1. The van der Waals surface area contributed by atoms with Gasteiger partial charge >= 0.3 is 0 Å². The predicted octanol–water partition coefficient (Wildman–Crippen LogP) is 2.05. The quantitative estimate of drug-likeness (QED) is 0.560. The highest BCUT2D eigenvalue weighted by atomic mass is 16.5. The van der Waals surface area contributed by atoms with E-state index in [1.54, 1.807) is 18.2 Å². The zero-order chi connectivity index (χ0) is 15.2. The molecule has 2 aromatic carbocycles. The number of methoxy groups -OCH3 is 1. The van der Waals surface area contributed by atoms with Gasteiger partial charge in [0, 0.05) is 5.56 Å². The number of aliphatic hydroxyl groups excluding tert-OH is 1. The Labute approximate surface area is 123 Å². The van der Waals surface area contributed by atoms with Crippen LogP contribution in [0, 0.1) is 5.41 Å². The number of ether oxygens (including phenoxy) is 2. The van der Waals surface area contributed by atoms with Crippen molar-refractivity contribution in [2.45, 2.75) is 13.2 Å². The van der Waals surface area contributed by atoms with Crippen molar-refractivity contribution in [3.8, 4) is 11.5 Å². The molecule has 0 spiro atoms. The highest BCUT2D eigenvalue weighted by Gasteiger charge is 2.08. The Balaban J connectivity index is 2.17. The van der Waals surface area contributed by atoms with Crippen LogP contribution in [0.2, 0.25) is 0 Å². The van der Waals surface area contributed by atoms with E-state index in [2.05, 4.69) is 0 Å². The number of aliphatic hydroxyl groups is 1. The van der Waals surface area contributed by atoms with Crippen molar-refractivity contribution < 1.29 is 14.6 Å². The summed E-state index contributed by atoms with van der Waals surface area (Å²) >= 11 is 0. The number of nitrogens with one attached hydrogen (secondary N) is 1. The van der Waals surface area contributed by atoms with Gasteiger partial charge in [0.05, 0.1) is 19.3 Å². The molecule has 0 aliphatic carbocycles. The summed E-state index contributed by atoms with van der Waals surface area (Å²) in [7, 11) is 1.54. The number of para-hydroxylation sites is 1. The van der Waals surface area contributed by atoms with E-state index in [0.717, 1.165) is 11.1 Å². The maximum atomic E-state index is 9.26. The van der Waals surface area contributed by atoms with E-state index in [1.165, 1.54) is 7.11 Å². The molecule has 2 rings (SSSR count). The topological polar surface area (TPSA) is 88.6 Å². The standard InChI is InChI=1S/C16H18N2O3/c1-20-15-7-6-11(8-13(15)16(17)18)10-21-14-5-3-2-4-12(14)9-19/h2-8,19H,9-10H2,1H3,(H3,17,18). The molecule has 21 heavy (non-hydrogen) atoms. The summed E-state index contributed by atoms with van der Waals surface area (Å²) in [5.41, 5.74) is 7.68. The van der Waals surface area contributed by atoms with Gasteiger partial charge < -0.3 is 20.3 Å². The first kappa shape index (κ1) is 14.9. The molecule has 0 radical (unpaired) electrons. The highest BCUT2D eigenvalue weighted by Crippen LogP contribution is 2.22. The molecule has 0 aromatic heterocycles. The summed E-state index contributed by atoms with van der Waals surface area (Å²) < 4.78 is 10.9. The van der Waals surface area contributed by atoms with Crippen molar-refractivity contribution in [3.63, 3.8) is 0 Å². The number of hydrogen-bond acceptors (Lipinski definition) is 4. The summed E-state index contributed by atoms with van der Waals surface area (Å²) in [4.78, 5) is 0. The van der Waals surface area contributed by atoms with Crippen LogP contribution in [-0.2, 0) is 13.2 Å². The number of amidine groups is 1. The lowest BCUT2D eigenvalue weighted by Crippen LogP contribution is -2.13. The maximum absolute atomic E-state index is 9.26. The van der Waals surface area contributed by atoms with Gasteiger partial charge in [-0.15, -0.1) is 0 Å². The first-order valence-electron chi connectivity index (χ1n) is 6.48. The van der Waals surface area contributed by atoms with E-state index in [4.69, 9.17) is 20.6 Å². The van der Waals surface area contributed by atoms with Gasteiger partial charge in [-0.05, 0) is 23.8 Å². The fraction of sp³-hybridized carbons (Fsp3) is 0.188. The van der Waals surface area contributed by atoms with E-state index in [0.29, 0.717) is 23.7 Å². The number of hydrogen-bond donors (Lipinski definition) is 3. The minimum Gasteiger partial charge on any atom is -0.496 e. The molecule has 5 heteroatoms. The Bertz CT molecular complexity index is 641. The van der Waals surface area contributed by atoms with Gasteiger partial charge in [-0.2, -0.15) is 0 Å². The van der Waals surface area contributed by atoms with Gasteiger partial charge in [0.25, 0.3) is 0 Å². The smallest absolute Gasteiger partial charge is 0.129 e. The van der Waals surface area contributed by atoms with Crippen LogP contribution in [-0.4, -0.2) is 18.1 Å². The molecule has 0 atom stereocenters. The van der Waals surface area contributed by atoms with Crippen molar-refractivity contribution in [3.05, 3.63) is 59.2 Å². The maximum Gasteiger partial charge on any atom is 0.129 e. The largest absolute Gasteiger partial charge is 0.496 e. The molecule has 0 unspecified atom stereocenters. The third kappa shape index (κ3) is 3.52. The Morgan fingerprint density at radius 2 is 1.95 bits per heavy atom. The minimum atomic E-state index is -0.0719.